The number of piperidine rings is 1. The van der Waals surface area contributed by atoms with Crippen molar-refractivity contribution in [1.29, 1.82) is 0 Å². The lowest BCUT2D eigenvalue weighted by Crippen LogP contribution is -2.33. The fourth-order valence-electron chi connectivity index (χ4n) is 3.78. The maximum absolute atomic E-state index is 13.8. The Kier molecular flexibility index (Phi) is 4.86. The highest BCUT2D eigenvalue weighted by molar-refractivity contribution is 5.80. The first-order valence-electron chi connectivity index (χ1n) is 9.03. The molecule has 3 aromatic rings. The molecule has 0 radical (unpaired) electrons. The minimum atomic E-state index is -2.60. The number of likely N-dealkylation sites (tertiary alicyclic amines) is 1. The standard InChI is InChI=1S/C20H20F3N3O/c1-12-18-15(19(22)23)10-17(24-20(18)27-25-12)13-6-8-26(9-7-13)11-14-4-2-3-5-16(14)21/h2-5,10,13,19H,6-9,11H2,1H3. The van der Waals surface area contributed by atoms with E-state index in [1.54, 1.807) is 19.1 Å². The van der Waals surface area contributed by atoms with Crippen molar-refractivity contribution in [2.75, 3.05) is 13.1 Å². The van der Waals surface area contributed by atoms with Crippen molar-refractivity contribution in [2.24, 2.45) is 0 Å². The third-order valence-corrected chi connectivity index (χ3v) is 5.26. The van der Waals surface area contributed by atoms with Crippen LogP contribution in [0.1, 0.15) is 47.7 Å². The number of halogens is 3. The molecule has 0 amide bonds. The molecule has 1 saturated heterocycles. The average Bonchev–Trinajstić information content (AvgIpc) is 3.04. The normalized spacial score (nSPS) is 16.5. The summed E-state index contributed by atoms with van der Waals surface area (Å²) in [5.74, 6) is -0.122. The number of pyridine rings is 1. The highest BCUT2D eigenvalue weighted by Crippen LogP contribution is 2.35. The maximum atomic E-state index is 13.8. The van der Waals surface area contributed by atoms with E-state index in [0.29, 0.717) is 28.9 Å². The van der Waals surface area contributed by atoms with E-state index in [1.807, 2.05) is 6.07 Å². The Morgan fingerprint density at radius 2 is 1.96 bits per heavy atom. The second-order valence-corrected chi connectivity index (χ2v) is 7.03. The molecule has 2 aromatic heterocycles. The molecule has 1 aliphatic heterocycles. The summed E-state index contributed by atoms with van der Waals surface area (Å²) in [5.41, 5.74) is 1.84. The lowest BCUT2D eigenvalue weighted by atomic mass is 9.91. The summed E-state index contributed by atoms with van der Waals surface area (Å²) < 4.78 is 46.0. The van der Waals surface area contributed by atoms with Gasteiger partial charge in [0, 0.05) is 29.3 Å². The van der Waals surface area contributed by atoms with Crippen molar-refractivity contribution in [2.45, 2.75) is 38.7 Å². The van der Waals surface area contributed by atoms with Gasteiger partial charge in [-0.15, -0.1) is 0 Å². The Hall–Kier alpha value is -2.41. The predicted octanol–water partition coefficient (Wildman–Crippen LogP) is 4.99. The summed E-state index contributed by atoms with van der Waals surface area (Å²) in [7, 11) is 0. The smallest absolute Gasteiger partial charge is 0.264 e. The van der Waals surface area contributed by atoms with Gasteiger partial charge in [-0.2, -0.15) is 0 Å². The van der Waals surface area contributed by atoms with E-state index in [4.69, 9.17) is 4.52 Å². The fourth-order valence-corrected chi connectivity index (χ4v) is 3.78. The van der Waals surface area contributed by atoms with E-state index in [-0.39, 0.29) is 23.0 Å². The predicted molar refractivity (Wildman–Crippen MR) is 95.2 cm³/mol. The van der Waals surface area contributed by atoms with Crippen LogP contribution in [-0.2, 0) is 6.54 Å². The number of rotatable bonds is 4. The zero-order valence-corrected chi connectivity index (χ0v) is 15.0. The summed E-state index contributed by atoms with van der Waals surface area (Å²) in [5, 5.41) is 4.09. The van der Waals surface area contributed by atoms with Gasteiger partial charge in [0.2, 0.25) is 0 Å². The Balaban J connectivity index is 1.50. The molecule has 7 heteroatoms. The van der Waals surface area contributed by atoms with Crippen molar-refractivity contribution in [3.8, 4) is 0 Å². The van der Waals surface area contributed by atoms with Crippen LogP contribution in [0.25, 0.3) is 11.1 Å². The quantitative estimate of drug-likeness (QED) is 0.644. The fraction of sp³-hybridized carbons (Fsp3) is 0.400. The first kappa shape index (κ1) is 18.0. The summed E-state index contributed by atoms with van der Waals surface area (Å²) in [6.45, 7) is 3.71. The second-order valence-electron chi connectivity index (χ2n) is 7.03. The van der Waals surface area contributed by atoms with Gasteiger partial charge < -0.3 is 4.52 Å². The molecular formula is C20H20F3N3O. The van der Waals surface area contributed by atoms with Gasteiger partial charge in [0.25, 0.3) is 12.1 Å². The molecule has 4 nitrogen and oxygen atoms in total. The molecule has 27 heavy (non-hydrogen) atoms. The van der Waals surface area contributed by atoms with Crippen LogP contribution >= 0.6 is 0 Å². The van der Waals surface area contributed by atoms with Crippen LogP contribution in [0.3, 0.4) is 0 Å². The van der Waals surface area contributed by atoms with Crippen molar-refractivity contribution < 1.29 is 17.7 Å². The largest absolute Gasteiger partial charge is 0.336 e. The molecule has 1 aromatic carbocycles. The summed E-state index contributed by atoms with van der Waals surface area (Å²) in [6, 6.07) is 8.26. The zero-order chi connectivity index (χ0) is 19.0. The third-order valence-electron chi connectivity index (χ3n) is 5.26. The molecule has 3 heterocycles. The van der Waals surface area contributed by atoms with Gasteiger partial charge >= 0.3 is 0 Å². The van der Waals surface area contributed by atoms with Gasteiger partial charge in [0.1, 0.15) is 5.82 Å². The van der Waals surface area contributed by atoms with Crippen LogP contribution < -0.4 is 0 Å². The van der Waals surface area contributed by atoms with E-state index in [9.17, 15) is 13.2 Å². The minimum Gasteiger partial charge on any atom is -0.336 e. The first-order valence-corrected chi connectivity index (χ1v) is 9.03. The average molecular weight is 375 g/mol. The molecule has 0 spiro atoms. The van der Waals surface area contributed by atoms with E-state index in [2.05, 4.69) is 15.0 Å². The molecule has 0 saturated carbocycles. The molecule has 1 fully saturated rings. The molecular weight excluding hydrogens is 355 g/mol. The van der Waals surface area contributed by atoms with E-state index in [1.165, 1.54) is 12.1 Å². The molecule has 0 bridgehead atoms. The first-order chi connectivity index (χ1) is 13.0. The van der Waals surface area contributed by atoms with Gasteiger partial charge in [-0.05, 0) is 45.0 Å². The number of aryl methyl sites for hydroxylation is 1. The number of benzene rings is 1. The van der Waals surface area contributed by atoms with Gasteiger partial charge in [-0.25, -0.2) is 18.2 Å². The van der Waals surface area contributed by atoms with E-state index >= 15 is 0 Å². The monoisotopic (exact) mass is 375 g/mol. The van der Waals surface area contributed by atoms with E-state index < -0.39 is 6.43 Å². The maximum Gasteiger partial charge on any atom is 0.264 e. The van der Waals surface area contributed by atoms with Crippen molar-refractivity contribution in [1.82, 2.24) is 15.0 Å². The summed E-state index contributed by atoms with van der Waals surface area (Å²) in [4.78, 5) is 6.63. The van der Waals surface area contributed by atoms with Crippen LogP contribution in [0.15, 0.2) is 34.9 Å². The van der Waals surface area contributed by atoms with Crippen LogP contribution in [0.2, 0.25) is 0 Å². The van der Waals surface area contributed by atoms with Gasteiger partial charge in [-0.3, -0.25) is 4.90 Å². The van der Waals surface area contributed by atoms with Crippen molar-refractivity contribution in [3.63, 3.8) is 0 Å². The molecule has 0 aliphatic carbocycles. The molecule has 0 N–H and O–H groups in total. The van der Waals surface area contributed by atoms with Crippen LogP contribution in [0.4, 0.5) is 13.2 Å². The zero-order valence-electron chi connectivity index (χ0n) is 15.0. The Bertz CT molecular complexity index is 949. The Morgan fingerprint density at radius 3 is 2.67 bits per heavy atom. The molecule has 1 aliphatic rings. The number of hydrogen-bond donors (Lipinski definition) is 0. The van der Waals surface area contributed by atoms with Crippen molar-refractivity contribution >= 4 is 11.1 Å². The number of alkyl halides is 2. The van der Waals surface area contributed by atoms with Crippen LogP contribution in [0, 0.1) is 12.7 Å². The molecule has 142 valence electrons. The highest BCUT2D eigenvalue weighted by Gasteiger charge is 2.26. The number of fused-ring (bicyclic) bond motifs is 1. The number of nitrogens with zero attached hydrogens (tertiary/aromatic N) is 3. The SMILES string of the molecule is Cc1noc2nc(C3CCN(Cc4ccccc4F)CC3)cc(C(F)F)c12. The van der Waals surface area contributed by atoms with E-state index in [0.717, 1.165) is 25.9 Å². The van der Waals surface area contributed by atoms with Gasteiger partial charge in [0.15, 0.2) is 0 Å². The van der Waals surface area contributed by atoms with Crippen LogP contribution in [-0.4, -0.2) is 28.1 Å². The minimum absolute atomic E-state index is 0.0671. The molecule has 4 rings (SSSR count). The summed E-state index contributed by atoms with van der Waals surface area (Å²) >= 11 is 0. The number of hydrogen-bond acceptors (Lipinski definition) is 4. The Morgan fingerprint density at radius 1 is 1.22 bits per heavy atom. The lowest BCUT2D eigenvalue weighted by molar-refractivity contribution is 0.152. The lowest BCUT2D eigenvalue weighted by Gasteiger charge is -2.31. The molecule has 0 unspecified atom stereocenters. The Labute approximate surface area is 155 Å². The highest BCUT2D eigenvalue weighted by atomic mass is 19.3. The van der Waals surface area contributed by atoms with Crippen LogP contribution in [0.5, 0.6) is 0 Å². The van der Waals surface area contributed by atoms with Gasteiger partial charge in [0.05, 0.1) is 11.1 Å². The van der Waals surface area contributed by atoms with Gasteiger partial charge in [-0.1, -0.05) is 23.4 Å². The third kappa shape index (κ3) is 3.56. The second kappa shape index (κ2) is 7.31. The summed E-state index contributed by atoms with van der Waals surface area (Å²) in [6.07, 6.45) is -1.04. The topological polar surface area (TPSA) is 42.2 Å². The number of aromatic nitrogens is 2. The van der Waals surface area contributed by atoms with Crippen molar-refractivity contribution in [3.05, 3.63) is 58.7 Å². The molecule has 0 atom stereocenters.